The van der Waals surface area contributed by atoms with Crippen LogP contribution in [-0.2, 0) is 59.2 Å². The largest absolute Gasteiger partial charge is 0.508 e. The predicted octanol–water partition coefficient (Wildman–Crippen LogP) is -4.06. The zero-order valence-corrected chi connectivity index (χ0v) is 43.5. The van der Waals surface area contributed by atoms with Gasteiger partial charge in [0, 0.05) is 25.8 Å². The van der Waals surface area contributed by atoms with Gasteiger partial charge in [-0.25, -0.2) is 4.79 Å². The molecule has 1 aromatic rings. The van der Waals surface area contributed by atoms with Gasteiger partial charge in [0.05, 0.1) is 12.6 Å². The van der Waals surface area contributed by atoms with Crippen LogP contribution < -0.4 is 65.1 Å². The van der Waals surface area contributed by atoms with Gasteiger partial charge < -0.3 is 85.5 Å². The summed E-state index contributed by atoms with van der Waals surface area (Å²) in [5.74, 6) is -12.0. The number of hydrogen-bond donors (Lipinski definition) is 16. The Labute approximate surface area is 440 Å². The quantitative estimate of drug-likeness (QED) is 0.0177. The van der Waals surface area contributed by atoms with Crippen LogP contribution in [0.4, 0.5) is 0 Å². The number of primary amides is 1. The maximum absolute atomic E-state index is 14.1. The predicted molar refractivity (Wildman–Crippen MR) is 273 cm³/mol. The average Bonchev–Trinajstić information content (AvgIpc) is 3.90. The van der Waals surface area contributed by atoms with Crippen LogP contribution >= 0.6 is 0 Å². The van der Waals surface area contributed by atoms with E-state index >= 15 is 0 Å². The molecule has 0 aliphatic carbocycles. The number of phenols is 1. The summed E-state index contributed by atoms with van der Waals surface area (Å²) in [7, 11) is 0. The van der Waals surface area contributed by atoms with Gasteiger partial charge in [-0.3, -0.25) is 52.9 Å². The summed E-state index contributed by atoms with van der Waals surface area (Å²) in [4.78, 5) is 149. The molecule has 0 saturated carbocycles. The molecule has 1 fully saturated rings. The number of aliphatic hydroxyl groups excluding tert-OH is 1. The highest BCUT2D eigenvalue weighted by Gasteiger charge is 2.36. The van der Waals surface area contributed by atoms with Gasteiger partial charge in [0.25, 0.3) is 0 Å². The van der Waals surface area contributed by atoms with Crippen LogP contribution in [0.2, 0.25) is 0 Å². The molecule has 0 bridgehead atoms. The highest BCUT2D eigenvalue weighted by atomic mass is 16.4. The number of carboxylic acids is 2. The number of carboxylic acid groups (broad SMARTS) is 2. The zero-order chi connectivity index (χ0) is 57.2. The average molecular weight is 1080 g/mol. The Hall–Kier alpha value is -7.62. The van der Waals surface area contributed by atoms with Crippen LogP contribution in [0.5, 0.6) is 5.75 Å². The summed E-state index contributed by atoms with van der Waals surface area (Å²) >= 11 is 0. The van der Waals surface area contributed by atoms with E-state index in [-0.39, 0.29) is 49.9 Å². The third-order valence-corrected chi connectivity index (χ3v) is 12.2. The number of amides is 9. The van der Waals surface area contributed by atoms with E-state index in [1.165, 1.54) is 19.1 Å². The SMILES string of the molecule is CC[C@H](C)[C@H](NC(=O)[C@H](CCCN=C(N)N)NC(=O)[C@H](CO)NC(=O)[C@H](C)NC(=O)[C@H](CCC(N)=O)NC(=O)[C@H](CCC(=O)O)NC(=O)[C@H](CC(C)C)NC(=O)[C@H](Cc1ccc(O)cc1)NC(=O)[C@@H]1CCCN1)C(=O)O. The molecule has 10 atom stereocenters. The third kappa shape index (κ3) is 23.3. The van der Waals surface area contributed by atoms with E-state index in [1.807, 2.05) is 0 Å². The molecule has 19 N–H and O–H groups in total. The molecular weight excluding hydrogens is 999 g/mol. The number of aliphatic hydroxyl groups is 1. The summed E-state index contributed by atoms with van der Waals surface area (Å²) in [6, 6.07) is -6.56. The molecule has 28 heteroatoms. The molecule has 1 aromatic carbocycles. The molecule has 1 saturated heterocycles. The molecule has 1 heterocycles. The van der Waals surface area contributed by atoms with Gasteiger partial charge in [0.15, 0.2) is 5.96 Å². The highest BCUT2D eigenvalue weighted by Crippen LogP contribution is 2.15. The number of carbonyl (C=O) groups is 11. The lowest BCUT2D eigenvalue weighted by Crippen LogP contribution is -2.60. The number of nitrogens with zero attached hydrogens (tertiary/aromatic N) is 1. The van der Waals surface area contributed by atoms with Crippen LogP contribution in [0.15, 0.2) is 29.3 Å². The summed E-state index contributed by atoms with van der Waals surface area (Å²) < 4.78 is 0. The minimum atomic E-state index is -1.74. The Morgan fingerprint density at radius 2 is 1.17 bits per heavy atom. The molecule has 2 rings (SSSR count). The fraction of sp³-hybridized carbons (Fsp3) is 0.625. The van der Waals surface area contributed by atoms with E-state index in [9.17, 15) is 73.2 Å². The molecular formula is C48H77N13O15. The van der Waals surface area contributed by atoms with Gasteiger partial charge in [0.1, 0.15) is 54.1 Å². The number of aliphatic imine (C=N–C) groups is 1. The minimum absolute atomic E-state index is 0.000494. The van der Waals surface area contributed by atoms with E-state index in [1.54, 1.807) is 39.8 Å². The molecule has 0 spiro atoms. The van der Waals surface area contributed by atoms with Crippen molar-refractivity contribution in [1.82, 2.24) is 47.9 Å². The van der Waals surface area contributed by atoms with Crippen LogP contribution in [-0.4, -0.2) is 166 Å². The third-order valence-electron chi connectivity index (χ3n) is 12.2. The standard InChI is InChI=1S/C48H77N13O15/c1-6-25(4)38(47(75)76)61-43(71)30(10-8-20-53-48(50)51)55-46(74)35(23-62)60-39(67)26(5)54-41(69)31(15-17-36(49)64)56-42(70)32(16-18-37(65)66)57-44(72)33(21-24(2)3)58-45(73)34(22-27-11-13-28(63)14-12-27)59-40(68)29-9-7-19-52-29/h11-14,24-26,29-35,38,52,62-63H,6-10,15-23H2,1-5H3,(H2,49,64)(H,54,69)(H,55,74)(H,56,70)(H,57,72)(H,58,73)(H,59,68)(H,60,67)(H,61,71)(H,65,66)(H,75,76)(H4,50,51,53)/t25-,26-,29-,30-,31-,32-,33-,34-,35-,38-/m0/s1. The molecule has 0 radical (unpaired) electrons. The topological polar surface area (TPSA) is 467 Å². The number of hydrogen-bond acceptors (Lipinski definition) is 15. The monoisotopic (exact) mass is 1080 g/mol. The van der Waals surface area contributed by atoms with Crippen molar-refractivity contribution in [3.8, 4) is 5.75 Å². The first kappa shape index (κ1) is 64.5. The second-order valence-electron chi connectivity index (χ2n) is 19.0. The molecule has 1 aliphatic rings. The highest BCUT2D eigenvalue weighted by molar-refractivity contribution is 5.98. The van der Waals surface area contributed by atoms with E-state index in [2.05, 4.69) is 52.8 Å². The number of aromatic hydroxyl groups is 1. The van der Waals surface area contributed by atoms with Gasteiger partial charge in [-0.15, -0.1) is 0 Å². The second-order valence-corrected chi connectivity index (χ2v) is 19.0. The van der Waals surface area contributed by atoms with E-state index < -0.39 is 158 Å². The summed E-state index contributed by atoms with van der Waals surface area (Å²) in [5.41, 5.74) is 16.7. The normalized spacial score (nSPS) is 16.5. The van der Waals surface area contributed by atoms with E-state index in [0.717, 1.165) is 6.42 Å². The first-order valence-corrected chi connectivity index (χ1v) is 25.1. The van der Waals surface area contributed by atoms with Gasteiger partial charge in [-0.2, -0.15) is 0 Å². The Kier molecular flexibility index (Phi) is 27.7. The molecule has 1 aliphatic heterocycles. The Balaban J connectivity index is 2.31. The first-order chi connectivity index (χ1) is 35.8. The van der Waals surface area contributed by atoms with Crippen LogP contribution in [0.3, 0.4) is 0 Å². The fourth-order valence-corrected chi connectivity index (χ4v) is 7.72. The van der Waals surface area contributed by atoms with Crippen molar-refractivity contribution in [1.29, 1.82) is 0 Å². The molecule has 424 valence electrons. The van der Waals surface area contributed by atoms with Crippen LogP contribution in [0.25, 0.3) is 0 Å². The van der Waals surface area contributed by atoms with Gasteiger partial charge in [0.2, 0.25) is 53.2 Å². The number of phenolic OH excluding ortho intramolecular Hbond substituents is 1. The number of benzene rings is 1. The first-order valence-electron chi connectivity index (χ1n) is 25.1. The van der Waals surface area contributed by atoms with Crippen molar-refractivity contribution in [2.45, 2.75) is 160 Å². The van der Waals surface area contributed by atoms with Gasteiger partial charge >= 0.3 is 11.9 Å². The van der Waals surface area contributed by atoms with Crippen molar-refractivity contribution < 1.29 is 73.2 Å². The number of carbonyl (C=O) groups excluding carboxylic acids is 9. The molecule has 0 aromatic heterocycles. The van der Waals surface area contributed by atoms with E-state index in [4.69, 9.17) is 17.2 Å². The van der Waals surface area contributed by atoms with E-state index in [0.29, 0.717) is 24.9 Å². The Morgan fingerprint density at radius 3 is 1.68 bits per heavy atom. The van der Waals surface area contributed by atoms with Crippen molar-refractivity contribution in [3.05, 3.63) is 29.8 Å². The lowest BCUT2D eigenvalue weighted by Gasteiger charge is -2.28. The van der Waals surface area contributed by atoms with Crippen LogP contribution in [0.1, 0.15) is 104 Å². The number of guanidine groups is 1. The Morgan fingerprint density at radius 1 is 0.658 bits per heavy atom. The number of nitrogens with two attached hydrogens (primary N) is 3. The molecule has 28 nitrogen and oxygen atoms in total. The number of nitrogens with one attached hydrogen (secondary N) is 9. The van der Waals surface area contributed by atoms with Crippen molar-refractivity contribution in [3.63, 3.8) is 0 Å². The maximum Gasteiger partial charge on any atom is 0.326 e. The van der Waals surface area contributed by atoms with Crippen LogP contribution in [0, 0.1) is 11.8 Å². The van der Waals surface area contributed by atoms with Crippen molar-refractivity contribution in [2.75, 3.05) is 19.7 Å². The lowest BCUT2D eigenvalue weighted by atomic mass is 9.98. The fourth-order valence-electron chi connectivity index (χ4n) is 7.72. The van der Waals surface area contributed by atoms with Gasteiger partial charge in [-0.05, 0) is 87.9 Å². The smallest absolute Gasteiger partial charge is 0.326 e. The van der Waals surface area contributed by atoms with Crippen molar-refractivity contribution >= 4 is 71.1 Å². The molecule has 9 amide bonds. The molecule has 76 heavy (non-hydrogen) atoms. The second kappa shape index (κ2) is 32.6. The minimum Gasteiger partial charge on any atom is -0.508 e. The lowest BCUT2D eigenvalue weighted by molar-refractivity contribution is -0.144. The number of aliphatic carboxylic acids is 2. The molecule has 0 unspecified atom stereocenters. The summed E-state index contributed by atoms with van der Waals surface area (Å²) in [6.07, 6.45) is -0.563. The maximum atomic E-state index is 14.1. The van der Waals surface area contributed by atoms with Crippen molar-refractivity contribution in [2.24, 2.45) is 34.0 Å². The summed E-state index contributed by atoms with van der Waals surface area (Å²) in [5, 5.41) is 61.9. The summed E-state index contributed by atoms with van der Waals surface area (Å²) in [6.45, 7) is 7.57. The Bertz CT molecular complexity index is 2200. The number of rotatable bonds is 34. The van der Waals surface area contributed by atoms with Gasteiger partial charge in [-0.1, -0.05) is 46.2 Å². The zero-order valence-electron chi connectivity index (χ0n) is 43.5.